The Balaban J connectivity index is 2.48. The van der Waals surface area contributed by atoms with Crippen molar-refractivity contribution in [1.29, 1.82) is 0 Å². The molecular weight excluding hydrogens is 236 g/mol. The summed E-state index contributed by atoms with van der Waals surface area (Å²) in [6.07, 6.45) is 1.35. The van der Waals surface area contributed by atoms with Crippen LogP contribution in [0.15, 0.2) is 18.2 Å². The summed E-state index contributed by atoms with van der Waals surface area (Å²) >= 11 is 0. The first kappa shape index (κ1) is 14.1. The summed E-state index contributed by atoms with van der Waals surface area (Å²) < 4.78 is 0. The minimum Gasteiger partial charge on any atom is -0.332 e. The van der Waals surface area contributed by atoms with Gasteiger partial charge in [-0.25, -0.2) is 0 Å². The van der Waals surface area contributed by atoms with Gasteiger partial charge in [-0.3, -0.25) is 4.79 Å². The molecule has 1 aliphatic rings. The third-order valence-corrected chi connectivity index (χ3v) is 4.21. The van der Waals surface area contributed by atoms with Crippen LogP contribution in [0.4, 0.5) is 0 Å². The van der Waals surface area contributed by atoms with E-state index in [1.807, 2.05) is 4.90 Å². The van der Waals surface area contributed by atoms with Gasteiger partial charge in [0.1, 0.15) is 0 Å². The fourth-order valence-electron chi connectivity index (χ4n) is 3.02. The number of carbonyl (C=O) groups excluding carboxylic acids is 1. The number of hydrogen-bond acceptors (Lipinski definition) is 2. The van der Waals surface area contributed by atoms with Gasteiger partial charge in [0.05, 0.1) is 6.04 Å². The molecule has 1 aromatic carbocycles. The number of amides is 1. The first-order valence-corrected chi connectivity index (χ1v) is 7.06. The maximum absolute atomic E-state index is 12.2. The number of likely N-dealkylation sites (tertiary alicyclic amines) is 1. The lowest BCUT2D eigenvalue weighted by Crippen LogP contribution is -2.51. The van der Waals surface area contributed by atoms with Gasteiger partial charge < -0.3 is 10.6 Å². The summed E-state index contributed by atoms with van der Waals surface area (Å²) in [5.41, 5.74) is 10.0. The second kappa shape index (κ2) is 5.33. The summed E-state index contributed by atoms with van der Waals surface area (Å²) in [6.45, 7) is 8.35. The standard InChI is InChI=1S/C16H24N2O/c1-10(2)18-15(19)9-8-14(17)16(18)13-7-5-6-11(3)12(13)4/h5-7,10,14,16H,8-9,17H2,1-4H3. The van der Waals surface area contributed by atoms with Crippen LogP contribution in [0.2, 0.25) is 0 Å². The molecule has 19 heavy (non-hydrogen) atoms. The molecule has 0 aromatic heterocycles. The second-order valence-corrected chi connectivity index (χ2v) is 5.83. The lowest BCUT2D eigenvalue weighted by Gasteiger charge is -2.43. The fraction of sp³-hybridized carbons (Fsp3) is 0.562. The van der Waals surface area contributed by atoms with Crippen LogP contribution < -0.4 is 5.73 Å². The van der Waals surface area contributed by atoms with E-state index < -0.39 is 0 Å². The van der Waals surface area contributed by atoms with Crippen molar-refractivity contribution in [3.8, 4) is 0 Å². The zero-order valence-electron chi connectivity index (χ0n) is 12.3. The van der Waals surface area contributed by atoms with Gasteiger partial charge in [-0.05, 0) is 50.8 Å². The number of piperidine rings is 1. The summed E-state index contributed by atoms with van der Waals surface area (Å²) in [6, 6.07) is 6.50. The number of nitrogens with zero attached hydrogens (tertiary/aromatic N) is 1. The van der Waals surface area contributed by atoms with Crippen molar-refractivity contribution in [1.82, 2.24) is 4.90 Å². The highest BCUT2D eigenvalue weighted by atomic mass is 16.2. The van der Waals surface area contributed by atoms with E-state index in [4.69, 9.17) is 5.73 Å². The molecule has 2 rings (SSSR count). The molecule has 3 heteroatoms. The van der Waals surface area contributed by atoms with E-state index in [0.29, 0.717) is 6.42 Å². The molecule has 2 N–H and O–H groups in total. The van der Waals surface area contributed by atoms with Crippen molar-refractivity contribution in [2.45, 2.75) is 58.7 Å². The van der Waals surface area contributed by atoms with Crippen molar-refractivity contribution in [3.05, 3.63) is 34.9 Å². The van der Waals surface area contributed by atoms with Gasteiger partial charge in [-0.1, -0.05) is 18.2 Å². The predicted octanol–water partition coefficient (Wildman–Crippen LogP) is 2.70. The number of nitrogens with two attached hydrogens (primary N) is 1. The van der Waals surface area contributed by atoms with Gasteiger partial charge in [0.15, 0.2) is 0 Å². The lowest BCUT2D eigenvalue weighted by molar-refractivity contribution is -0.139. The first-order valence-electron chi connectivity index (χ1n) is 7.06. The quantitative estimate of drug-likeness (QED) is 0.888. The molecule has 0 saturated carbocycles. The molecule has 0 radical (unpaired) electrons. The highest BCUT2D eigenvalue weighted by Crippen LogP contribution is 2.34. The SMILES string of the molecule is Cc1cccc(C2C(N)CCC(=O)N2C(C)C)c1C. The Morgan fingerprint density at radius 1 is 1.32 bits per heavy atom. The van der Waals surface area contributed by atoms with Gasteiger partial charge in [-0.15, -0.1) is 0 Å². The van der Waals surface area contributed by atoms with Gasteiger partial charge >= 0.3 is 0 Å². The molecule has 3 nitrogen and oxygen atoms in total. The molecule has 2 unspecified atom stereocenters. The molecule has 2 atom stereocenters. The van der Waals surface area contributed by atoms with Gasteiger partial charge in [0.2, 0.25) is 5.91 Å². The maximum atomic E-state index is 12.2. The molecule has 1 saturated heterocycles. The smallest absolute Gasteiger partial charge is 0.223 e. The Kier molecular flexibility index (Phi) is 3.95. The zero-order valence-corrected chi connectivity index (χ0v) is 12.3. The van der Waals surface area contributed by atoms with Gasteiger partial charge in [-0.2, -0.15) is 0 Å². The number of hydrogen-bond donors (Lipinski definition) is 1. The molecule has 1 heterocycles. The topological polar surface area (TPSA) is 46.3 Å². The van der Waals surface area contributed by atoms with Crippen LogP contribution in [0, 0.1) is 13.8 Å². The Morgan fingerprint density at radius 3 is 2.63 bits per heavy atom. The van der Waals surface area contributed by atoms with Crippen molar-refractivity contribution in [3.63, 3.8) is 0 Å². The van der Waals surface area contributed by atoms with E-state index in [2.05, 4.69) is 45.9 Å². The highest BCUT2D eigenvalue weighted by molar-refractivity contribution is 5.78. The Morgan fingerprint density at radius 2 is 2.00 bits per heavy atom. The second-order valence-electron chi connectivity index (χ2n) is 5.83. The number of aryl methyl sites for hydroxylation is 1. The van der Waals surface area contributed by atoms with E-state index in [-0.39, 0.29) is 24.0 Å². The molecule has 0 aliphatic carbocycles. The number of rotatable bonds is 2. The highest BCUT2D eigenvalue weighted by Gasteiger charge is 2.36. The summed E-state index contributed by atoms with van der Waals surface area (Å²) in [4.78, 5) is 14.2. The van der Waals surface area contributed by atoms with Crippen LogP contribution in [0.1, 0.15) is 49.4 Å². The number of benzene rings is 1. The average molecular weight is 260 g/mol. The van der Waals surface area contributed by atoms with Crippen molar-refractivity contribution >= 4 is 5.91 Å². The number of carbonyl (C=O) groups is 1. The Labute approximate surface area is 115 Å². The van der Waals surface area contributed by atoms with Crippen LogP contribution in [-0.2, 0) is 4.79 Å². The molecule has 1 amide bonds. The van der Waals surface area contributed by atoms with Crippen molar-refractivity contribution in [2.24, 2.45) is 5.73 Å². The fourth-order valence-corrected chi connectivity index (χ4v) is 3.02. The molecule has 1 aromatic rings. The van der Waals surface area contributed by atoms with E-state index in [0.717, 1.165) is 6.42 Å². The average Bonchev–Trinajstić information content (AvgIpc) is 2.35. The zero-order chi connectivity index (χ0) is 14.2. The van der Waals surface area contributed by atoms with E-state index in [1.54, 1.807) is 0 Å². The molecule has 0 bridgehead atoms. The van der Waals surface area contributed by atoms with Crippen molar-refractivity contribution in [2.75, 3.05) is 0 Å². The minimum atomic E-state index is 0.0150. The molecular formula is C16H24N2O. The summed E-state index contributed by atoms with van der Waals surface area (Å²) in [7, 11) is 0. The normalized spacial score (nSPS) is 24.1. The molecule has 1 fully saturated rings. The van der Waals surface area contributed by atoms with E-state index in [1.165, 1.54) is 16.7 Å². The van der Waals surface area contributed by atoms with Crippen LogP contribution in [0.5, 0.6) is 0 Å². The maximum Gasteiger partial charge on any atom is 0.223 e. The third kappa shape index (κ3) is 2.52. The molecule has 104 valence electrons. The van der Waals surface area contributed by atoms with Crippen LogP contribution in [-0.4, -0.2) is 22.9 Å². The van der Waals surface area contributed by atoms with Crippen LogP contribution in [0.25, 0.3) is 0 Å². The minimum absolute atomic E-state index is 0.0150. The van der Waals surface area contributed by atoms with E-state index >= 15 is 0 Å². The lowest BCUT2D eigenvalue weighted by atomic mass is 9.86. The molecule has 0 spiro atoms. The molecule has 1 aliphatic heterocycles. The largest absolute Gasteiger partial charge is 0.332 e. The summed E-state index contributed by atoms with van der Waals surface area (Å²) in [5, 5.41) is 0. The van der Waals surface area contributed by atoms with Crippen molar-refractivity contribution < 1.29 is 4.79 Å². The Hall–Kier alpha value is -1.35. The van der Waals surface area contributed by atoms with Crippen LogP contribution in [0.3, 0.4) is 0 Å². The van der Waals surface area contributed by atoms with E-state index in [9.17, 15) is 4.79 Å². The predicted molar refractivity (Wildman–Crippen MR) is 77.8 cm³/mol. The first-order chi connectivity index (χ1) is 8.93. The van der Waals surface area contributed by atoms with Crippen LogP contribution >= 0.6 is 0 Å². The monoisotopic (exact) mass is 260 g/mol. The summed E-state index contributed by atoms with van der Waals surface area (Å²) in [5.74, 6) is 0.225. The van der Waals surface area contributed by atoms with Gasteiger partial charge in [0, 0.05) is 18.5 Å². The third-order valence-electron chi connectivity index (χ3n) is 4.21. The Bertz CT molecular complexity index is 482. The van der Waals surface area contributed by atoms with Gasteiger partial charge in [0.25, 0.3) is 0 Å².